The van der Waals surface area contributed by atoms with Crippen LogP contribution in [-0.4, -0.2) is 20.6 Å². The molecule has 1 unspecified atom stereocenters. The summed E-state index contributed by atoms with van der Waals surface area (Å²) in [6.45, 7) is 0. The molecule has 2 aromatic rings. The van der Waals surface area contributed by atoms with E-state index >= 15 is 0 Å². The minimum absolute atomic E-state index is 0.117. The lowest BCUT2D eigenvalue weighted by molar-refractivity contribution is -0.150. The first-order chi connectivity index (χ1) is 15.1. The van der Waals surface area contributed by atoms with E-state index in [9.17, 15) is 21.6 Å². The summed E-state index contributed by atoms with van der Waals surface area (Å²) < 4.78 is 68.4. The van der Waals surface area contributed by atoms with Crippen molar-refractivity contribution in [1.82, 2.24) is 4.72 Å². The maximum atomic E-state index is 13.6. The first-order valence-corrected chi connectivity index (χ1v) is 12.8. The molecule has 0 aliphatic heterocycles. The van der Waals surface area contributed by atoms with Gasteiger partial charge in [0.15, 0.2) is 0 Å². The Labute approximate surface area is 187 Å². The van der Waals surface area contributed by atoms with E-state index in [0.29, 0.717) is 5.56 Å². The number of hydrogen-bond donors (Lipinski definition) is 1. The normalized spacial score (nSPS) is 30.4. The average molecular weight is 464 g/mol. The lowest BCUT2D eigenvalue weighted by Gasteiger charge is -2.57. The van der Waals surface area contributed by atoms with Crippen molar-refractivity contribution in [2.45, 2.75) is 67.5 Å². The first-order valence-electron chi connectivity index (χ1n) is 11.4. The molecule has 0 amide bonds. The molecular weight excluding hydrogens is 435 g/mol. The summed E-state index contributed by atoms with van der Waals surface area (Å²) in [4.78, 5) is -0.117. The minimum Gasteiger partial charge on any atom is -0.207 e. The van der Waals surface area contributed by atoms with E-state index < -0.39 is 28.7 Å². The molecule has 172 valence electrons. The van der Waals surface area contributed by atoms with E-state index in [1.807, 2.05) is 16.9 Å². The smallest absolute Gasteiger partial charge is 0.207 e. The molecular formula is C25H28F3NO2S. The largest absolute Gasteiger partial charge is 0.405 e. The number of alkyl halides is 3. The molecule has 4 fully saturated rings. The van der Waals surface area contributed by atoms with Gasteiger partial charge in [0.1, 0.15) is 6.04 Å². The summed E-state index contributed by atoms with van der Waals surface area (Å²) in [6.07, 6.45) is 2.25. The molecule has 32 heavy (non-hydrogen) atoms. The van der Waals surface area contributed by atoms with Gasteiger partial charge in [-0.2, -0.15) is 17.9 Å². The molecule has 0 aromatic heterocycles. The minimum atomic E-state index is -4.69. The van der Waals surface area contributed by atoms with E-state index in [2.05, 4.69) is 0 Å². The van der Waals surface area contributed by atoms with Crippen molar-refractivity contribution in [3.8, 4) is 0 Å². The van der Waals surface area contributed by atoms with Gasteiger partial charge in [0.2, 0.25) is 10.0 Å². The number of sulfonamides is 1. The van der Waals surface area contributed by atoms with Gasteiger partial charge in [-0.1, -0.05) is 42.5 Å². The Bertz CT molecular complexity index is 1030. The third kappa shape index (κ3) is 4.21. The van der Waals surface area contributed by atoms with Crippen LogP contribution in [0.25, 0.3) is 0 Å². The van der Waals surface area contributed by atoms with Crippen LogP contribution in [0.4, 0.5) is 13.2 Å². The van der Waals surface area contributed by atoms with Crippen LogP contribution < -0.4 is 4.72 Å². The van der Waals surface area contributed by atoms with Crippen LogP contribution in [0.1, 0.15) is 49.7 Å². The van der Waals surface area contributed by atoms with Crippen molar-refractivity contribution in [3.63, 3.8) is 0 Å². The van der Waals surface area contributed by atoms with E-state index in [0.717, 1.165) is 42.6 Å². The van der Waals surface area contributed by atoms with Crippen molar-refractivity contribution in [2.24, 2.45) is 17.8 Å². The summed E-state index contributed by atoms with van der Waals surface area (Å²) >= 11 is 0. The van der Waals surface area contributed by atoms with Gasteiger partial charge in [0.25, 0.3) is 0 Å². The van der Waals surface area contributed by atoms with Crippen LogP contribution in [0, 0.1) is 17.8 Å². The Kier molecular flexibility index (Phi) is 5.40. The standard InChI is InChI=1S/C25H28F3NO2S/c26-25(27,28)23(13-17-4-2-1-3-5-17)29-32(30,31)22-8-6-21(7-9-22)24-14-18-10-19(15-24)12-20(11-18)16-24/h1-9,18-20,23,29H,10-16H2. The van der Waals surface area contributed by atoms with Crippen LogP contribution in [0.2, 0.25) is 0 Å². The lowest BCUT2D eigenvalue weighted by Crippen LogP contribution is -2.48. The average Bonchev–Trinajstić information content (AvgIpc) is 2.72. The number of benzene rings is 2. The van der Waals surface area contributed by atoms with Gasteiger partial charge in [-0.15, -0.1) is 0 Å². The molecule has 0 spiro atoms. The lowest BCUT2D eigenvalue weighted by atomic mass is 9.48. The van der Waals surface area contributed by atoms with E-state index in [-0.39, 0.29) is 10.3 Å². The molecule has 0 radical (unpaired) electrons. The fraction of sp³-hybridized carbons (Fsp3) is 0.520. The molecule has 1 atom stereocenters. The van der Waals surface area contributed by atoms with E-state index in [1.165, 1.54) is 31.4 Å². The Hall–Kier alpha value is -1.86. The molecule has 2 aromatic carbocycles. The number of hydrogen-bond acceptors (Lipinski definition) is 2. The van der Waals surface area contributed by atoms with Crippen LogP contribution >= 0.6 is 0 Å². The van der Waals surface area contributed by atoms with Gasteiger partial charge in [0, 0.05) is 0 Å². The zero-order valence-corrected chi connectivity index (χ0v) is 18.6. The monoisotopic (exact) mass is 463 g/mol. The molecule has 4 aliphatic rings. The van der Waals surface area contributed by atoms with Gasteiger partial charge < -0.3 is 0 Å². The highest BCUT2D eigenvalue weighted by Gasteiger charge is 2.51. The van der Waals surface area contributed by atoms with Crippen molar-refractivity contribution < 1.29 is 21.6 Å². The second-order valence-electron chi connectivity index (χ2n) is 10.1. The van der Waals surface area contributed by atoms with Gasteiger partial charge in [-0.3, -0.25) is 0 Å². The van der Waals surface area contributed by atoms with Gasteiger partial charge >= 0.3 is 6.18 Å². The zero-order chi connectivity index (χ0) is 22.6. The Morgan fingerprint density at radius 1 is 0.875 bits per heavy atom. The highest BCUT2D eigenvalue weighted by Crippen LogP contribution is 2.60. The highest BCUT2D eigenvalue weighted by atomic mass is 32.2. The summed E-state index contributed by atoms with van der Waals surface area (Å²) in [6, 6.07) is 12.6. The molecule has 4 aliphatic carbocycles. The molecule has 3 nitrogen and oxygen atoms in total. The predicted molar refractivity (Wildman–Crippen MR) is 117 cm³/mol. The number of halogens is 3. The predicted octanol–water partition coefficient (Wildman–Crippen LogP) is 5.61. The Morgan fingerprint density at radius 2 is 1.41 bits per heavy atom. The summed E-state index contributed by atoms with van der Waals surface area (Å²) in [5.41, 5.74) is 1.69. The second-order valence-corrected chi connectivity index (χ2v) is 11.8. The van der Waals surface area contributed by atoms with E-state index in [1.54, 1.807) is 30.3 Å². The molecule has 7 heteroatoms. The van der Waals surface area contributed by atoms with E-state index in [4.69, 9.17) is 0 Å². The topological polar surface area (TPSA) is 46.2 Å². The van der Waals surface area contributed by atoms with Gasteiger partial charge in [0.05, 0.1) is 4.90 Å². The fourth-order valence-corrected chi connectivity index (χ4v) is 8.00. The third-order valence-electron chi connectivity index (χ3n) is 7.79. The van der Waals surface area contributed by atoms with Crippen molar-refractivity contribution in [1.29, 1.82) is 0 Å². The van der Waals surface area contributed by atoms with Gasteiger partial charge in [-0.05, 0) is 91.4 Å². The first kappa shape index (κ1) is 22.0. The van der Waals surface area contributed by atoms with Crippen LogP contribution in [-0.2, 0) is 21.9 Å². The Morgan fingerprint density at radius 3 is 1.91 bits per heavy atom. The highest BCUT2D eigenvalue weighted by molar-refractivity contribution is 7.89. The van der Waals surface area contributed by atoms with Crippen molar-refractivity contribution in [3.05, 3.63) is 65.7 Å². The molecule has 1 N–H and O–H groups in total. The molecule has 4 saturated carbocycles. The zero-order valence-electron chi connectivity index (χ0n) is 17.8. The van der Waals surface area contributed by atoms with Crippen LogP contribution in [0.3, 0.4) is 0 Å². The Balaban J connectivity index is 1.36. The molecule has 6 rings (SSSR count). The van der Waals surface area contributed by atoms with Crippen molar-refractivity contribution in [2.75, 3.05) is 0 Å². The molecule has 0 heterocycles. The maximum Gasteiger partial charge on any atom is 0.405 e. The summed E-state index contributed by atoms with van der Waals surface area (Å²) in [5.74, 6) is 2.28. The summed E-state index contributed by atoms with van der Waals surface area (Å²) in [5, 5.41) is 0. The maximum absolute atomic E-state index is 13.6. The molecule has 0 saturated heterocycles. The van der Waals surface area contributed by atoms with Crippen LogP contribution in [0.15, 0.2) is 59.5 Å². The van der Waals surface area contributed by atoms with Crippen LogP contribution in [0.5, 0.6) is 0 Å². The molecule has 4 bridgehead atoms. The number of nitrogens with one attached hydrogen (secondary N) is 1. The third-order valence-corrected chi connectivity index (χ3v) is 9.28. The number of rotatable bonds is 6. The quantitative estimate of drug-likeness (QED) is 0.606. The summed E-state index contributed by atoms with van der Waals surface area (Å²) in [7, 11) is -4.31. The SMILES string of the molecule is O=S(=O)(NC(Cc1ccccc1)C(F)(F)F)c1ccc(C23CC4CC(CC(C4)C2)C3)cc1. The van der Waals surface area contributed by atoms with Crippen molar-refractivity contribution >= 4 is 10.0 Å². The second kappa shape index (κ2) is 7.87. The van der Waals surface area contributed by atoms with Gasteiger partial charge in [-0.25, -0.2) is 8.42 Å². The fourth-order valence-electron chi connectivity index (χ4n) is 6.78.